The number of aromatic nitrogens is 2. The molecule has 4 rings (SSSR count). The van der Waals surface area contributed by atoms with E-state index in [9.17, 15) is 0 Å². The number of hydrogen-bond donors (Lipinski definition) is 0. The minimum Gasteiger partial charge on any atom is -0.459 e. The lowest BCUT2D eigenvalue weighted by Gasteiger charge is -2.37. The fraction of sp³-hybridized carbons (Fsp3) is 0.368. The van der Waals surface area contributed by atoms with Crippen LogP contribution in [-0.2, 0) is 6.54 Å². The Morgan fingerprint density at radius 1 is 1.08 bits per heavy atom. The monoisotopic (exact) mass is 372 g/mol. The zero-order chi connectivity index (χ0) is 17.9. The van der Waals surface area contributed by atoms with Crippen molar-refractivity contribution in [3.63, 3.8) is 0 Å². The van der Waals surface area contributed by atoms with Gasteiger partial charge in [-0.15, -0.1) is 10.2 Å². The zero-order valence-corrected chi connectivity index (χ0v) is 15.4. The molecule has 1 unspecified atom stereocenters. The molecule has 3 aromatic rings. The van der Waals surface area contributed by atoms with E-state index in [0.29, 0.717) is 30.1 Å². The molecule has 1 aliphatic rings. The number of hydrogen-bond acceptors (Lipinski definition) is 6. The van der Waals surface area contributed by atoms with Crippen LogP contribution >= 0.6 is 11.6 Å². The summed E-state index contributed by atoms with van der Waals surface area (Å²) in [5.74, 6) is 1.64. The quantitative estimate of drug-likeness (QED) is 0.677. The van der Waals surface area contributed by atoms with Crippen LogP contribution in [0.5, 0.6) is 0 Å². The van der Waals surface area contributed by atoms with Crippen LogP contribution in [0, 0.1) is 0 Å². The third kappa shape index (κ3) is 3.67. The van der Waals surface area contributed by atoms with E-state index >= 15 is 0 Å². The van der Waals surface area contributed by atoms with Crippen molar-refractivity contribution >= 4 is 11.6 Å². The normalized spacial score (nSPS) is 17.5. The van der Waals surface area contributed by atoms with Gasteiger partial charge in [0.2, 0.25) is 5.89 Å². The summed E-state index contributed by atoms with van der Waals surface area (Å²) >= 11 is 6.35. The smallest absolute Gasteiger partial charge is 0.283 e. The zero-order valence-electron chi connectivity index (χ0n) is 14.6. The average Bonchev–Trinajstić information content (AvgIpc) is 3.34. The number of benzene rings is 1. The Morgan fingerprint density at radius 3 is 2.62 bits per heavy atom. The molecule has 1 saturated heterocycles. The van der Waals surface area contributed by atoms with Crippen molar-refractivity contribution < 1.29 is 8.83 Å². The SMILES string of the molecule is CC(c1ccccc1Cl)N1CCN(Cc2nnc(-c3ccco3)o2)CC1. The predicted molar refractivity (Wildman–Crippen MR) is 98.7 cm³/mol. The maximum absolute atomic E-state index is 6.35. The number of furan rings is 1. The maximum atomic E-state index is 6.35. The van der Waals surface area contributed by atoms with Gasteiger partial charge in [-0.1, -0.05) is 29.8 Å². The van der Waals surface area contributed by atoms with Crippen molar-refractivity contribution in [3.8, 4) is 11.7 Å². The molecule has 0 saturated carbocycles. The topological polar surface area (TPSA) is 58.5 Å². The fourth-order valence-corrected chi connectivity index (χ4v) is 3.62. The highest BCUT2D eigenvalue weighted by Crippen LogP contribution is 2.28. The summed E-state index contributed by atoms with van der Waals surface area (Å²) in [6.45, 7) is 6.73. The van der Waals surface area contributed by atoms with Crippen molar-refractivity contribution in [2.24, 2.45) is 0 Å². The molecule has 2 aromatic heterocycles. The summed E-state index contributed by atoms with van der Waals surface area (Å²) in [6, 6.07) is 12.0. The first-order valence-electron chi connectivity index (χ1n) is 8.78. The third-order valence-corrected chi connectivity index (χ3v) is 5.21. The van der Waals surface area contributed by atoms with Gasteiger partial charge in [0.25, 0.3) is 5.89 Å². The molecule has 0 spiro atoms. The molecule has 1 atom stereocenters. The Hall–Kier alpha value is -2.15. The summed E-state index contributed by atoms with van der Waals surface area (Å²) in [5, 5.41) is 9.02. The molecular weight excluding hydrogens is 352 g/mol. The van der Waals surface area contributed by atoms with Crippen LogP contribution in [-0.4, -0.2) is 46.2 Å². The largest absolute Gasteiger partial charge is 0.459 e. The predicted octanol–water partition coefficient (Wildman–Crippen LogP) is 3.86. The molecule has 26 heavy (non-hydrogen) atoms. The molecule has 6 nitrogen and oxygen atoms in total. The molecule has 1 fully saturated rings. The van der Waals surface area contributed by atoms with E-state index < -0.39 is 0 Å². The van der Waals surface area contributed by atoms with E-state index in [1.165, 1.54) is 5.56 Å². The third-order valence-electron chi connectivity index (χ3n) is 4.87. The van der Waals surface area contributed by atoms with Gasteiger partial charge in [-0.25, -0.2) is 0 Å². The highest BCUT2D eigenvalue weighted by molar-refractivity contribution is 6.31. The first kappa shape index (κ1) is 17.3. The van der Waals surface area contributed by atoms with E-state index in [-0.39, 0.29) is 0 Å². The second-order valence-corrected chi connectivity index (χ2v) is 6.90. The fourth-order valence-electron chi connectivity index (χ4n) is 3.33. The van der Waals surface area contributed by atoms with Crippen molar-refractivity contribution in [1.29, 1.82) is 0 Å². The minimum atomic E-state index is 0.305. The molecule has 136 valence electrons. The van der Waals surface area contributed by atoms with Crippen LogP contribution in [0.1, 0.15) is 24.4 Å². The highest BCUT2D eigenvalue weighted by Gasteiger charge is 2.24. The maximum Gasteiger partial charge on any atom is 0.283 e. The van der Waals surface area contributed by atoms with Crippen molar-refractivity contribution in [1.82, 2.24) is 20.0 Å². The second-order valence-electron chi connectivity index (χ2n) is 6.49. The van der Waals surface area contributed by atoms with Crippen molar-refractivity contribution in [2.45, 2.75) is 19.5 Å². The standard InChI is InChI=1S/C19H21ClN4O2/c1-14(15-5-2-3-6-16(15)20)24-10-8-23(9-11-24)13-18-21-22-19(26-18)17-7-4-12-25-17/h2-7,12,14H,8-11,13H2,1H3. The van der Waals surface area contributed by atoms with Gasteiger partial charge in [0, 0.05) is 37.2 Å². The van der Waals surface area contributed by atoms with E-state index in [2.05, 4.69) is 33.0 Å². The molecule has 3 heterocycles. The summed E-state index contributed by atoms with van der Waals surface area (Å²) in [7, 11) is 0. The summed E-state index contributed by atoms with van der Waals surface area (Å²) < 4.78 is 11.0. The lowest BCUT2D eigenvalue weighted by Crippen LogP contribution is -2.46. The van der Waals surface area contributed by atoms with Gasteiger partial charge in [0.1, 0.15) is 0 Å². The highest BCUT2D eigenvalue weighted by atomic mass is 35.5. The molecule has 0 aliphatic carbocycles. The van der Waals surface area contributed by atoms with Crippen LogP contribution < -0.4 is 0 Å². The molecule has 1 aromatic carbocycles. The molecule has 7 heteroatoms. The van der Waals surface area contributed by atoms with E-state index in [4.69, 9.17) is 20.4 Å². The molecular formula is C19H21ClN4O2. The number of nitrogens with zero attached hydrogens (tertiary/aromatic N) is 4. The van der Waals surface area contributed by atoms with Crippen LogP contribution in [0.4, 0.5) is 0 Å². The van der Waals surface area contributed by atoms with Gasteiger partial charge in [0.05, 0.1) is 12.8 Å². The number of halogens is 1. The van der Waals surface area contributed by atoms with Gasteiger partial charge >= 0.3 is 0 Å². The van der Waals surface area contributed by atoms with Gasteiger partial charge in [-0.05, 0) is 30.7 Å². The lowest BCUT2D eigenvalue weighted by molar-refractivity contribution is 0.0922. The van der Waals surface area contributed by atoms with Crippen molar-refractivity contribution in [3.05, 3.63) is 59.1 Å². The van der Waals surface area contributed by atoms with Gasteiger partial charge in [-0.3, -0.25) is 9.80 Å². The van der Waals surface area contributed by atoms with Gasteiger partial charge in [0.15, 0.2) is 5.76 Å². The molecule has 0 amide bonds. The van der Waals surface area contributed by atoms with Crippen molar-refractivity contribution in [2.75, 3.05) is 26.2 Å². The Balaban J connectivity index is 1.33. The molecule has 1 aliphatic heterocycles. The average molecular weight is 373 g/mol. The van der Waals surface area contributed by atoms with Crippen LogP contribution in [0.2, 0.25) is 5.02 Å². The van der Waals surface area contributed by atoms with E-state index in [1.54, 1.807) is 12.3 Å². The number of rotatable bonds is 5. The Morgan fingerprint density at radius 2 is 1.88 bits per heavy atom. The van der Waals surface area contributed by atoms with Crippen LogP contribution in [0.3, 0.4) is 0 Å². The van der Waals surface area contributed by atoms with Gasteiger partial charge < -0.3 is 8.83 Å². The van der Waals surface area contributed by atoms with E-state index in [1.807, 2.05) is 24.3 Å². The first-order chi connectivity index (χ1) is 12.7. The lowest BCUT2D eigenvalue weighted by atomic mass is 10.1. The Kier molecular flexibility index (Phi) is 5.06. The Bertz CT molecular complexity index is 841. The molecule has 0 radical (unpaired) electrons. The summed E-state index contributed by atoms with van der Waals surface area (Å²) in [4.78, 5) is 4.79. The molecule has 0 N–H and O–H groups in total. The summed E-state index contributed by atoms with van der Waals surface area (Å²) in [5.41, 5.74) is 1.18. The van der Waals surface area contributed by atoms with Gasteiger partial charge in [-0.2, -0.15) is 0 Å². The Labute approximate surface area is 157 Å². The second kappa shape index (κ2) is 7.61. The first-order valence-corrected chi connectivity index (χ1v) is 9.15. The molecule has 0 bridgehead atoms. The van der Waals surface area contributed by atoms with Crippen LogP contribution in [0.15, 0.2) is 51.5 Å². The summed E-state index contributed by atoms with van der Waals surface area (Å²) in [6.07, 6.45) is 1.60. The minimum absolute atomic E-state index is 0.305. The van der Waals surface area contributed by atoms with E-state index in [0.717, 1.165) is 31.2 Å². The van der Waals surface area contributed by atoms with Crippen LogP contribution in [0.25, 0.3) is 11.7 Å². The number of piperazine rings is 1.